The third-order valence-electron chi connectivity index (χ3n) is 3.88. The minimum absolute atomic E-state index is 0.132. The third kappa shape index (κ3) is 5.90. The van der Waals surface area contributed by atoms with Crippen molar-refractivity contribution in [3.8, 4) is 28.6 Å². The Hall–Kier alpha value is -3.68. The molecule has 1 heterocycles. The van der Waals surface area contributed by atoms with Crippen LogP contribution in [0.4, 0.5) is 4.39 Å². The lowest BCUT2D eigenvalue weighted by atomic mass is 10.1. The van der Waals surface area contributed by atoms with E-state index in [9.17, 15) is 9.18 Å². The normalized spacial score (nSPS) is 10.3. The van der Waals surface area contributed by atoms with Crippen molar-refractivity contribution in [1.82, 2.24) is 15.5 Å². The number of aromatic nitrogens is 2. The summed E-state index contributed by atoms with van der Waals surface area (Å²) in [4.78, 5) is 11.9. The van der Waals surface area contributed by atoms with Gasteiger partial charge in [-0.25, -0.2) is 4.39 Å². The molecule has 0 bridgehead atoms. The fourth-order valence-corrected chi connectivity index (χ4v) is 2.45. The number of para-hydroxylation sites is 2. The van der Waals surface area contributed by atoms with Crippen molar-refractivity contribution >= 4 is 5.91 Å². The SMILES string of the molecule is COc1ccccc1OCC(=O)NCCOc1ccc(-c2ccc(F)cc2)nn1. The smallest absolute Gasteiger partial charge is 0.258 e. The molecule has 0 saturated heterocycles. The average molecular weight is 397 g/mol. The zero-order chi connectivity index (χ0) is 20.5. The molecule has 0 spiro atoms. The van der Waals surface area contributed by atoms with E-state index in [1.165, 1.54) is 19.2 Å². The highest BCUT2D eigenvalue weighted by molar-refractivity contribution is 5.77. The fourth-order valence-electron chi connectivity index (χ4n) is 2.45. The largest absolute Gasteiger partial charge is 0.493 e. The van der Waals surface area contributed by atoms with Gasteiger partial charge in [-0.2, -0.15) is 0 Å². The van der Waals surface area contributed by atoms with Crippen LogP contribution in [-0.2, 0) is 4.79 Å². The van der Waals surface area contributed by atoms with E-state index in [-0.39, 0.29) is 31.5 Å². The van der Waals surface area contributed by atoms with Crippen LogP contribution in [0.1, 0.15) is 0 Å². The molecule has 150 valence electrons. The van der Waals surface area contributed by atoms with Gasteiger partial charge in [0.1, 0.15) is 12.4 Å². The molecule has 7 nitrogen and oxygen atoms in total. The van der Waals surface area contributed by atoms with Crippen molar-refractivity contribution in [2.45, 2.75) is 0 Å². The van der Waals surface area contributed by atoms with Crippen LogP contribution in [0.2, 0.25) is 0 Å². The lowest BCUT2D eigenvalue weighted by Gasteiger charge is -2.10. The second kappa shape index (κ2) is 10.0. The molecule has 2 aromatic carbocycles. The molecule has 0 aliphatic rings. The van der Waals surface area contributed by atoms with Crippen molar-refractivity contribution in [3.05, 3.63) is 66.5 Å². The van der Waals surface area contributed by atoms with Gasteiger partial charge in [0.05, 0.1) is 19.3 Å². The summed E-state index contributed by atoms with van der Waals surface area (Å²) in [5.74, 6) is 0.800. The van der Waals surface area contributed by atoms with Crippen molar-refractivity contribution in [1.29, 1.82) is 0 Å². The van der Waals surface area contributed by atoms with E-state index in [1.807, 2.05) is 6.07 Å². The average Bonchev–Trinajstić information content (AvgIpc) is 2.76. The number of benzene rings is 2. The fraction of sp³-hybridized carbons (Fsp3) is 0.190. The van der Waals surface area contributed by atoms with Crippen LogP contribution in [0.15, 0.2) is 60.7 Å². The van der Waals surface area contributed by atoms with E-state index in [0.717, 1.165) is 5.56 Å². The number of hydrogen-bond acceptors (Lipinski definition) is 6. The zero-order valence-corrected chi connectivity index (χ0v) is 15.8. The molecule has 0 saturated carbocycles. The summed E-state index contributed by atoms with van der Waals surface area (Å²) < 4.78 is 29.0. The third-order valence-corrected chi connectivity index (χ3v) is 3.88. The van der Waals surface area contributed by atoms with Crippen molar-refractivity contribution < 1.29 is 23.4 Å². The van der Waals surface area contributed by atoms with E-state index in [1.54, 1.807) is 42.5 Å². The number of carbonyl (C=O) groups is 1. The Morgan fingerprint density at radius 2 is 1.72 bits per heavy atom. The van der Waals surface area contributed by atoms with Gasteiger partial charge in [0.25, 0.3) is 5.91 Å². The van der Waals surface area contributed by atoms with E-state index in [4.69, 9.17) is 14.2 Å². The number of nitrogens with one attached hydrogen (secondary N) is 1. The Morgan fingerprint density at radius 1 is 0.966 bits per heavy atom. The molecule has 8 heteroatoms. The maximum Gasteiger partial charge on any atom is 0.258 e. The van der Waals surface area contributed by atoms with E-state index < -0.39 is 0 Å². The Balaban J connectivity index is 1.38. The summed E-state index contributed by atoms with van der Waals surface area (Å²) in [6, 6.07) is 16.5. The van der Waals surface area contributed by atoms with Crippen LogP contribution in [-0.4, -0.2) is 43.0 Å². The Morgan fingerprint density at radius 3 is 2.41 bits per heavy atom. The first-order valence-electron chi connectivity index (χ1n) is 8.90. The molecule has 0 aliphatic carbocycles. The maximum atomic E-state index is 13.0. The van der Waals surface area contributed by atoms with Crippen molar-refractivity contribution in [3.63, 3.8) is 0 Å². The van der Waals surface area contributed by atoms with Crippen LogP contribution in [0.5, 0.6) is 17.4 Å². The molecule has 0 unspecified atom stereocenters. The lowest BCUT2D eigenvalue weighted by Crippen LogP contribution is -2.32. The molecule has 0 aliphatic heterocycles. The number of methoxy groups -OCH3 is 1. The molecule has 29 heavy (non-hydrogen) atoms. The Labute approximate surface area is 167 Å². The molecule has 0 fully saturated rings. The second-order valence-electron chi connectivity index (χ2n) is 5.90. The van der Waals surface area contributed by atoms with Gasteiger partial charge in [-0.05, 0) is 42.5 Å². The van der Waals surface area contributed by atoms with E-state index in [0.29, 0.717) is 23.1 Å². The van der Waals surface area contributed by atoms with Crippen molar-refractivity contribution in [2.75, 3.05) is 26.9 Å². The zero-order valence-electron chi connectivity index (χ0n) is 15.8. The number of ether oxygens (including phenoxy) is 3. The summed E-state index contributed by atoms with van der Waals surface area (Å²) in [5.41, 5.74) is 1.37. The maximum absolute atomic E-state index is 13.0. The summed E-state index contributed by atoms with van der Waals surface area (Å²) >= 11 is 0. The first kappa shape index (κ1) is 20.1. The summed E-state index contributed by atoms with van der Waals surface area (Å²) in [6.45, 7) is 0.382. The van der Waals surface area contributed by atoms with Crippen LogP contribution in [0.25, 0.3) is 11.3 Å². The molecule has 1 aromatic heterocycles. The Bertz CT molecular complexity index is 933. The van der Waals surface area contributed by atoms with Crippen molar-refractivity contribution in [2.24, 2.45) is 0 Å². The van der Waals surface area contributed by atoms with Gasteiger partial charge in [0.15, 0.2) is 18.1 Å². The number of rotatable bonds is 9. The first-order valence-corrected chi connectivity index (χ1v) is 8.90. The molecule has 1 amide bonds. The van der Waals surface area contributed by atoms with E-state index in [2.05, 4.69) is 15.5 Å². The standard InChI is InChI=1S/C21H20FN3O4/c1-27-18-4-2-3-5-19(18)29-14-20(26)23-12-13-28-21-11-10-17(24-25-21)15-6-8-16(22)9-7-15/h2-11H,12-14H2,1H3,(H,23,26). The first-order chi connectivity index (χ1) is 14.2. The van der Waals surface area contributed by atoms with Crippen LogP contribution in [0, 0.1) is 5.82 Å². The monoisotopic (exact) mass is 397 g/mol. The van der Waals surface area contributed by atoms with Crippen LogP contribution in [0.3, 0.4) is 0 Å². The summed E-state index contributed by atoms with van der Waals surface area (Å²) in [5, 5.41) is 10.7. The second-order valence-corrected chi connectivity index (χ2v) is 5.90. The number of nitrogens with zero attached hydrogens (tertiary/aromatic N) is 2. The highest BCUT2D eigenvalue weighted by Crippen LogP contribution is 2.25. The highest BCUT2D eigenvalue weighted by Gasteiger charge is 2.07. The van der Waals surface area contributed by atoms with Crippen LogP contribution >= 0.6 is 0 Å². The molecular weight excluding hydrogens is 377 g/mol. The van der Waals surface area contributed by atoms with Crippen LogP contribution < -0.4 is 19.5 Å². The topological polar surface area (TPSA) is 82.6 Å². The van der Waals surface area contributed by atoms with Gasteiger partial charge in [-0.15, -0.1) is 10.2 Å². The van der Waals surface area contributed by atoms with E-state index >= 15 is 0 Å². The number of carbonyl (C=O) groups excluding carboxylic acids is 1. The predicted octanol–water partition coefficient (Wildman–Crippen LogP) is 2.87. The minimum Gasteiger partial charge on any atom is -0.493 e. The molecule has 0 radical (unpaired) electrons. The lowest BCUT2D eigenvalue weighted by molar-refractivity contribution is -0.123. The highest BCUT2D eigenvalue weighted by atomic mass is 19.1. The predicted molar refractivity (Wildman–Crippen MR) is 104 cm³/mol. The van der Waals surface area contributed by atoms with Gasteiger partial charge in [-0.1, -0.05) is 12.1 Å². The van der Waals surface area contributed by atoms with Gasteiger partial charge in [0.2, 0.25) is 5.88 Å². The summed E-state index contributed by atoms with van der Waals surface area (Å²) in [7, 11) is 1.54. The van der Waals surface area contributed by atoms with Gasteiger partial charge >= 0.3 is 0 Å². The molecular formula is C21H20FN3O4. The van der Waals surface area contributed by atoms with Gasteiger partial charge < -0.3 is 19.5 Å². The molecule has 0 atom stereocenters. The molecule has 3 rings (SSSR count). The number of halogens is 1. The molecule has 1 N–H and O–H groups in total. The minimum atomic E-state index is -0.308. The quantitative estimate of drug-likeness (QED) is 0.559. The van der Waals surface area contributed by atoms with Gasteiger partial charge in [0, 0.05) is 11.6 Å². The number of amides is 1. The molecule has 3 aromatic rings. The van der Waals surface area contributed by atoms with Gasteiger partial charge in [-0.3, -0.25) is 4.79 Å². The summed E-state index contributed by atoms with van der Waals surface area (Å²) in [6.07, 6.45) is 0. The Kier molecular flexibility index (Phi) is 6.94. The number of hydrogen-bond donors (Lipinski definition) is 1.